The summed E-state index contributed by atoms with van der Waals surface area (Å²) in [5, 5.41) is 3.00. The fraction of sp³-hybridized carbons (Fsp3) is 0.391. The van der Waals surface area contributed by atoms with Gasteiger partial charge in [-0.3, -0.25) is 14.5 Å². The molecule has 0 aliphatic carbocycles. The fourth-order valence-corrected chi connectivity index (χ4v) is 3.54. The number of amides is 2. The third-order valence-electron chi connectivity index (χ3n) is 5.27. The minimum atomic E-state index is -0.658. The molecule has 30 heavy (non-hydrogen) atoms. The number of carbonyl (C=O) groups excluding carboxylic acids is 2. The van der Waals surface area contributed by atoms with Crippen molar-refractivity contribution in [3.05, 3.63) is 59.4 Å². The van der Waals surface area contributed by atoms with E-state index in [9.17, 15) is 14.0 Å². The lowest BCUT2D eigenvalue weighted by Gasteiger charge is -2.35. The topological polar surface area (TPSA) is 61.9 Å². The second-order valence-corrected chi connectivity index (χ2v) is 7.63. The van der Waals surface area contributed by atoms with Gasteiger partial charge >= 0.3 is 0 Å². The first-order valence-electron chi connectivity index (χ1n) is 10.1. The van der Waals surface area contributed by atoms with Crippen molar-refractivity contribution in [1.82, 2.24) is 9.80 Å². The van der Waals surface area contributed by atoms with Gasteiger partial charge in [-0.05, 0) is 56.2 Å². The van der Waals surface area contributed by atoms with Crippen LogP contribution in [0.3, 0.4) is 0 Å². The Morgan fingerprint density at radius 2 is 1.63 bits per heavy atom. The van der Waals surface area contributed by atoms with Crippen LogP contribution in [0.15, 0.2) is 42.5 Å². The Morgan fingerprint density at radius 3 is 2.23 bits per heavy atom. The smallest absolute Gasteiger partial charge is 0.263 e. The number of piperazine rings is 1. The van der Waals surface area contributed by atoms with Crippen molar-refractivity contribution in [2.24, 2.45) is 0 Å². The molecule has 6 nitrogen and oxygen atoms in total. The van der Waals surface area contributed by atoms with E-state index in [0.29, 0.717) is 31.9 Å². The number of para-hydroxylation sites is 1. The molecule has 1 N–H and O–H groups in total. The molecule has 0 unspecified atom stereocenters. The Balaban J connectivity index is 1.46. The highest BCUT2D eigenvalue weighted by Crippen LogP contribution is 2.19. The highest BCUT2D eigenvalue weighted by atomic mass is 19.1. The molecule has 1 aliphatic rings. The lowest BCUT2D eigenvalue weighted by molar-refractivity contribution is -0.139. The van der Waals surface area contributed by atoms with Gasteiger partial charge in [0.05, 0.1) is 6.54 Å². The Bertz CT molecular complexity index is 873. The maximum absolute atomic E-state index is 13.0. The third-order valence-corrected chi connectivity index (χ3v) is 5.27. The van der Waals surface area contributed by atoms with E-state index >= 15 is 0 Å². The van der Waals surface area contributed by atoms with E-state index < -0.39 is 6.10 Å². The predicted octanol–water partition coefficient (Wildman–Crippen LogP) is 2.99. The first-order chi connectivity index (χ1) is 14.3. The molecule has 1 heterocycles. The summed E-state index contributed by atoms with van der Waals surface area (Å²) in [4.78, 5) is 28.9. The molecule has 0 radical (unpaired) electrons. The van der Waals surface area contributed by atoms with Crippen molar-refractivity contribution in [1.29, 1.82) is 0 Å². The highest BCUT2D eigenvalue weighted by molar-refractivity contribution is 5.93. The molecular weight excluding hydrogens is 385 g/mol. The molecule has 2 amide bonds. The molecule has 0 saturated carbocycles. The van der Waals surface area contributed by atoms with E-state index in [-0.39, 0.29) is 24.2 Å². The number of carbonyl (C=O) groups is 2. The molecule has 160 valence electrons. The first-order valence-corrected chi connectivity index (χ1v) is 10.1. The second-order valence-electron chi connectivity index (χ2n) is 7.63. The number of aryl methyl sites for hydroxylation is 2. The molecule has 0 aromatic heterocycles. The zero-order chi connectivity index (χ0) is 21.7. The van der Waals surface area contributed by atoms with Gasteiger partial charge in [-0.15, -0.1) is 0 Å². The fourth-order valence-electron chi connectivity index (χ4n) is 3.54. The minimum Gasteiger partial charge on any atom is -0.481 e. The van der Waals surface area contributed by atoms with Crippen molar-refractivity contribution in [3.8, 4) is 5.75 Å². The largest absolute Gasteiger partial charge is 0.481 e. The number of hydrogen-bond acceptors (Lipinski definition) is 4. The number of halogens is 1. The van der Waals surface area contributed by atoms with Gasteiger partial charge < -0.3 is 15.0 Å². The molecule has 0 bridgehead atoms. The molecule has 2 aromatic carbocycles. The zero-order valence-electron chi connectivity index (χ0n) is 17.7. The summed E-state index contributed by atoms with van der Waals surface area (Å²) in [7, 11) is 0. The average molecular weight is 413 g/mol. The van der Waals surface area contributed by atoms with Crippen molar-refractivity contribution >= 4 is 17.5 Å². The van der Waals surface area contributed by atoms with Crippen molar-refractivity contribution < 1.29 is 18.7 Å². The summed E-state index contributed by atoms with van der Waals surface area (Å²) in [6.07, 6.45) is -0.658. The van der Waals surface area contributed by atoms with Crippen molar-refractivity contribution in [3.63, 3.8) is 0 Å². The molecule has 1 saturated heterocycles. The van der Waals surface area contributed by atoms with Gasteiger partial charge in [0.2, 0.25) is 5.91 Å². The van der Waals surface area contributed by atoms with Crippen LogP contribution in [0.2, 0.25) is 0 Å². The quantitative estimate of drug-likeness (QED) is 0.791. The van der Waals surface area contributed by atoms with E-state index in [0.717, 1.165) is 16.8 Å². The summed E-state index contributed by atoms with van der Waals surface area (Å²) in [6, 6.07) is 11.5. The monoisotopic (exact) mass is 413 g/mol. The van der Waals surface area contributed by atoms with Crippen LogP contribution in [0.1, 0.15) is 18.1 Å². The second kappa shape index (κ2) is 9.71. The maximum Gasteiger partial charge on any atom is 0.263 e. The van der Waals surface area contributed by atoms with Gasteiger partial charge in [0.1, 0.15) is 11.6 Å². The van der Waals surface area contributed by atoms with Gasteiger partial charge in [0, 0.05) is 31.9 Å². The van der Waals surface area contributed by atoms with Crippen LogP contribution in [-0.2, 0) is 9.59 Å². The van der Waals surface area contributed by atoms with Gasteiger partial charge in [0.15, 0.2) is 6.10 Å². The van der Waals surface area contributed by atoms with E-state index in [1.807, 2.05) is 36.9 Å². The van der Waals surface area contributed by atoms with Gasteiger partial charge in [0.25, 0.3) is 5.91 Å². The van der Waals surface area contributed by atoms with Crippen molar-refractivity contribution in [2.45, 2.75) is 26.9 Å². The summed E-state index contributed by atoms with van der Waals surface area (Å²) in [5.74, 6) is -0.0581. The minimum absolute atomic E-state index is 0.0554. The number of anilines is 1. The summed E-state index contributed by atoms with van der Waals surface area (Å²) in [5.41, 5.74) is 2.94. The Kier molecular flexibility index (Phi) is 7.05. The molecule has 7 heteroatoms. The van der Waals surface area contributed by atoms with E-state index in [1.54, 1.807) is 11.8 Å². The van der Waals surface area contributed by atoms with Gasteiger partial charge in [-0.1, -0.05) is 18.2 Å². The number of nitrogens with zero attached hydrogens (tertiary/aromatic N) is 2. The third kappa shape index (κ3) is 5.57. The SMILES string of the molecule is Cc1cccc(C)c1NC(=O)CN1CCN(C(=O)[C@@H](C)Oc2ccc(F)cc2)CC1. The number of rotatable bonds is 6. The number of benzene rings is 2. The molecule has 2 aromatic rings. The molecule has 0 spiro atoms. The van der Waals surface area contributed by atoms with E-state index in [2.05, 4.69) is 5.32 Å². The lowest BCUT2D eigenvalue weighted by atomic mass is 10.1. The van der Waals surface area contributed by atoms with Gasteiger partial charge in [-0.25, -0.2) is 4.39 Å². The van der Waals surface area contributed by atoms with Crippen LogP contribution < -0.4 is 10.1 Å². The van der Waals surface area contributed by atoms with Crippen LogP contribution in [0.4, 0.5) is 10.1 Å². The average Bonchev–Trinajstić information content (AvgIpc) is 2.72. The Morgan fingerprint density at radius 1 is 1.03 bits per heavy atom. The summed E-state index contributed by atoms with van der Waals surface area (Å²) >= 11 is 0. The lowest BCUT2D eigenvalue weighted by Crippen LogP contribution is -2.53. The molecule has 1 atom stereocenters. The van der Waals surface area contributed by atoms with E-state index in [4.69, 9.17) is 4.74 Å². The van der Waals surface area contributed by atoms with Crippen LogP contribution in [0.5, 0.6) is 5.75 Å². The van der Waals surface area contributed by atoms with Crippen LogP contribution in [0, 0.1) is 19.7 Å². The summed E-state index contributed by atoms with van der Waals surface area (Å²) in [6.45, 7) is 8.24. The molecule has 1 aliphatic heterocycles. The zero-order valence-corrected chi connectivity index (χ0v) is 17.7. The molecular formula is C23H28FN3O3. The van der Waals surface area contributed by atoms with Gasteiger partial charge in [-0.2, -0.15) is 0 Å². The Labute approximate surface area is 176 Å². The standard InChI is InChI=1S/C23H28FN3O3/c1-16-5-4-6-17(2)22(16)25-21(28)15-26-11-13-27(14-12-26)23(29)18(3)30-20-9-7-19(24)8-10-20/h4-10,18H,11-15H2,1-3H3,(H,25,28)/t18-/m1/s1. The van der Waals surface area contributed by atoms with Crippen molar-refractivity contribution in [2.75, 3.05) is 38.0 Å². The number of nitrogens with one attached hydrogen (secondary N) is 1. The van der Waals surface area contributed by atoms with Crippen LogP contribution in [-0.4, -0.2) is 60.4 Å². The number of hydrogen-bond donors (Lipinski definition) is 1. The highest BCUT2D eigenvalue weighted by Gasteiger charge is 2.27. The van der Waals surface area contributed by atoms with E-state index in [1.165, 1.54) is 24.3 Å². The molecule has 3 rings (SSSR count). The van der Waals surface area contributed by atoms with Crippen LogP contribution in [0.25, 0.3) is 0 Å². The number of ether oxygens (including phenoxy) is 1. The predicted molar refractivity (Wildman–Crippen MR) is 114 cm³/mol. The normalized spacial score (nSPS) is 15.5. The Hall–Kier alpha value is -2.93. The maximum atomic E-state index is 13.0. The molecule has 1 fully saturated rings. The summed E-state index contributed by atoms with van der Waals surface area (Å²) < 4.78 is 18.6. The first kappa shape index (κ1) is 21.8. The van der Waals surface area contributed by atoms with Crippen LogP contribution >= 0.6 is 0 Å².